The van der Waals surface area contributed by atoms with Crippen LogP contribution in [0.3, 0.4) is 0 Å². The van der Waals surface area contributed by atoms with E-state index in [2.05, 4.69) is 26.8 Å². The van der Waals surface area contributed by atoms with Gasteiger partial charge >= 0.3 is 0 Å². The highest BCUT2D eigenvalue weighted by Gasteiger charge is 2.16. The smallest absolute Gasteiger partial charge is 0.203 e. The van der Waals surface area contributed by atoms with Crippen LogP contribution >= 0.6 is 0 Å². The van der Waals surface area contributed by atoms with E-state index in [-0.39, 0.29) is 0 Å². The minimum Gasteiger partial charge on any atom is -0.490 e. The highest BCUT2D eigenvalue weighted by Crippen LogP contribution is 2.40. The molecule has 0 atom stereocenters. The van der Waals surface area contributed by atoms with Gasteiger partial charge in [-0.1, -0.05) is 156 Å². The number of unbranched alkanes of at least 4 members (excludes halogenated alkanes) is 21. The molecule has 1 aromatic rings. The second kappa shape index (κ2) is 29.2. The van der Waals surface area contributed by atoms with E-state index in [1.54, 1.807) is 0 Å². The molecule has 0 unspecified atom stereocenters. The molecular formula is C38H67NO3. The van der Waals surface area contributed by atoms with E-state index in [0.717, 1.165) is 42.1 Å². The normalized spacial score (nSPS) is 11.0. The van der Waals surface area contributed by atoms with Gasteiger partial charge < -0.3 is 14.2 Å². The molecule has 0 radical (unpaired) electrons. The Kier molecular flexibility index (Phi) is 26.5. The third-order valence-electron chi connectivity index (χ3n) is 8.12. The predicted octanol–water partition coefficient (Wildman–Crippen LogP) is 12.3. The molecule has 0 N–H and O–H groups in total. The molecule has 1 rings (SSSR count). The van der Waals surface area contributed by atoms with Gasteiger partial charge in [0.25, 0.3) is 0 Å². The molecule has 42 heavy (non-hydrogen) atoms. The first-order valence-corrected chi connectivity index (χ1v) is 18.2. The first kappa shape index (κ1) is 38.1. The van der Waals surface area contributed by atoms with Crippen molar-refractivity contribution in [3.8, 4) is 23.3 Å². The fourth-order valence-corrected chi connectivity index (χ4v) is 5.43. The van der Waals surface area contributed by atoms with Gasteiger partial charge in [0.2, 0.25) is 5.75 Å². The van der Waals surface area contributed by atoms with Crippen LogP contribution in [0.2, 0.25) is 0 Å². The summed E-state index contributed by atoms with van der Waals surface area (Å²) in [5, 5.41) is 9.40. The van der Waals surface area contributed by atoms with Gasteiger partial charge in [-0.25, -0.2) is 0 Å². The van der Waals surface area contributed by atoms with Crippen molar-refractivity contribution in [2.24, 2.45) is 0 Å². The minimum absolute atomic E-state index is 0.348. The summed E-state index contributed by atoms with van der Waals surface area (Å²) < 4.78 is 19.0. The lowest BCUT2D eigenvalue weighted by molar-refractivity contribution is 0.234. The zero-order valence-electron chi connectivity index (χ0n) is 28.1. The monoisotopic (exact) mass is 586 g/mol. The summed E-state index contributed by atoms with van der Waals surface area (Å²) in [6.07, 6.45) is 30.9. The summed E-state index contributed by atoms with van der Waals surface area (Å²) in [6, 6.07) is 6.30. The van der Waals surface area contributed by atoms with Crippen LogP contribution in [0.15, 0.2) is 12.1 Å². The van der Waals surface area contributed by atoms with Gasteiger partial charge in [-0.15, -0.1) is 0 Å². The molecule has 0 bridgehead atoms. The fraction of sp³-hybridized carbons (Fsp3) is 0.816. The molecule has 0 saturated carbocycles. The fourth-order valence-electron chi connectivity index (χ4n) is 5.43. The van der Waals surface area contributed by atoms with E-state index in [9.17, 15) is 5.26 Å². The van der Waals surface area contributed by atoms with Gasteiger partial charge in [-0.3, -0.25) is 0 Å². The topological polar surface area (TPSA) is 51.5 Å². The Labute approximate surface area is 261 Å². The largest absolute Gasteiger partial charge is 0.490 e. The van der Waals surface area contributed by atoms with Crippen molar-refractivity contribution >= 4 is 0 Å². The van der Waals surface area contributed by atoms with Crippen molar-refractivity contribution in [1.29, 1.82) is 5.26 Å². The van der Waals surface area contributed by atoms with Crippen molar-refractivity contribution in [1.82, 2.24) is 0 Å². The molecule has 0 aliphatic heterocycles. The Balaban J connectivity index is 2.67. The average molecular weight is 586 g/mol. The van der Waals surface area contributed by atoms with Crippen LogP contribution in [0.4, 0.5) is 0 Å². The predicted molar refractivity (Wildman–Crippen MR) is 180 cm³/mol. The van der Waals surface area contributed by atoms with Gasteiger partial charge in [0.1, 0.15) is 0 Å². The summed E-state index contributed by atoms with van der Waals surface area (Å²) in [5.74, 6) is 2.23. The van der Waals surface area contributed by atoms with Crippen molar-refractivity contribution in [3.05, 3.63) is 17.7 Å². The van der Waals surface area contributed by atoms with Gasteiger partial charge in [0.05, 0.1) is 32.3 Å². The molecule has 0 aromatic heterocycles. The SMILES string of the molecule is CCCCCCCCCCOc1cc(CC#N)cc(OCCCCCCCCCC)c1OCCCCCCCCCC. The quantitative estimate of drug-likeness (QED) is 0.0813. The van der Waals surface area contributed by atoms with Crippen LogP contribution < -0.4 is 14.2 Å². The highest BCUT2D eigenvalue weighted by molar-refractivity contribution is 5.54. The summed E-state index contributed by atoms with van der Waals surface area (Å²) in [4.78, 5) is 0. The summed E-state index contributed by atoms with van der Waals surface area (Å²) >= 11 is 0. The van der Waals surface area contributed by atoms with Crippen molar-refractivity contribution < 1.29 is 14.2 Å². The maximum absolute atomic E-state index is 9.40. The average Bonchev–Trinajstić information content (AvgIpc) is 2.99. The number of hydrogen-bond donors (Lipinski definition) is 0. The van der Waals surface area contributed by atoms with Crippen molar-refractivity contribution in [2.75, 3.05) is 19.8 Å². The minimum atomic E-state index is 0.348. The van der Waals surface area contributed by atoms with Gasteiger partial charge in [0.15, 0.2) is 11.5 Å². The molecule has 242 valence electrons. The zero-order valence-corrected chi connectivity index (χ0v) is 28.1. The molecule has 4 nitrogen and oxygen atoms in total. The van der Waals surface area contributed by atoms with E-state index in [0.29, 0.717) is 26.2 Å². The van der Waals surface area contributed by atoms with Gasteiger partial charge in [-0.2, -0.15) is 5.26 Å². The Bertz CT molecular complexity index is 729. The zero-order chi connectivity index (χ0) is 30.4. The standard InChI is InChI=1S/C38H67NO3/c1-4-7-10-13-16-19-22-25-30-40-36-33-35(28-29-39)34-37(41-31-26-23-20-17-14-11-8-5-2)38(36)42-32-27-24-21-18-15-12-9-6-3/h33-34H,4-28,30-32H2,1-3H3. The lowest BCUT2D eigenvalue weighted by atomic mass is 10.1. The van der Waals surface area contributed by atoms with Gasteiger partial charge in [0, 0.05) is 0 Å². The lowest BCUT2D eigenvalue weighted by Gasteiger charge is -2.18. The van der Waals surface area contributed by atoms with Crippen LogP contribution in [0, 0.1) is 11.3 Å². The highest BCUT2D eigenvalue weighted by atomic mass is 16.5. The lowest BCUT2D eigenvalue weighted by Crippen LogP contribution is -2.07. The van der Waals surface area contributed by atoms with E-state index < -0.39 is 0 Å². The van der Waals surface area contributed by atoms with E-state index in [1.807, 2.05) is 12.1 Å². The molecule has 4 heteroatoms. The maximum Gasteiger partial charge on any atom is 0.203 e. The molecule has 0 spiro atoms. The Morgan fingerprint density at radius 1 is 0.452 bits per heavy atom. The Hall–Kier alpha value is -1.89. The molecule has 0 amide bonds. The van der Waals surface area contributed by atoms with Crippen LogP contribution in [0.25, 0.3) is 0 Å². The number of rotatable bonds is 31. The van der Waals surface area contributed by atoms with Crippen LogP contribution in [0.1, 0.15) is 180 Å². The maximum atomic E-state index is 9.40. The number of nitriles is 1. The molecule has 0 aliphatic carbocycles. The second-order valence-electron chi connectivity index (χ2n) is 12.2. The summed E-state index contributed by atoms with van der Waals surface area (Å²) in [5.41, 5.74) is 0.939. The van der Waals surface area contributed by atoms with Gasteiger partial charge in [-0.05, 0) is 37.0 Å². The number of hydrogen-bond acceptors (Lipinski definition) is 4. The van der Waals surface area contributed by atoms with E-state index in [4.69, 9.17) is 14.2 Å². The molecule has 0 saturated heterocycles. The second-order valence-corrected chi connectivity index (χ2v) is 12.2. The Morgan fingerprint density at radius 3 is 1.10 bits per heavy atom. The number of benzene rings is 1. The molecule has 0 fully saturated rings. The molecular weight excluding hydrogens is 518 g/mol. The van der Waals surface area contributed by atoms with Crippen LogP contribution in [-0.2, 0) is 6.42 Å². The van der Waals surface area contributed by atoms with Crippen molar-refractivity contribution in [2.45, 2.75) is 181 Å². The Morgan fingerprint density at radius 2 is 0.762 bits per heavy atom. The number of nitrogens with zero attached hydrogens (tertiary/aromatic N) is 1. The molecule has 1 aromatic carbocycles. The molecule has 0 aliphatic rings. The van der Waals surface area contributed by atoms with E-state index >= 15 is 0 Å². The first-order valence-electron chi connectivity index (χ1n) is 18.2. The summed E-state index contributed by atoms with van der Waals surface area (Å²) in [7, 11) is 0. The summed E-state index contributed by atoms with van der Waals surface area (Å²) in [6.45, 7) is 8.83. The third-order valence-corrected chi connectivity index (χ3v) is 8.12. The van der Waals surface area contributed by atoms with E-state index in [1.165, 1.54) is 135 Å². The molecule has 0 heterocycles. The number of ether oxygens (including phenoxy) is 3. The third kappa shape index (κ3) is 20.9. The van der Waals surface area contributed by atoms with Crippen LogP contribution in [0.5, 0.6) is 17.2 Å². The first-order chi connectivity index (χ1) is 20.8. The van der Waals surface area contributed by atoms with Crippen molar-refractivity contribution in [3.63, 3.8) is 0 Å². The van der Waals surface area contributed by atoms with Crippen LogP contribution in [-0.4, -0.2) is 19.8 Å².